The lowest BCUT2D eigenvalue weighted by molar-refractivity contribution is -0.139. The minimum atomic E-state index is -1.77. The molecule has 0 saturated heterocycles. The lowest BCUT2D eigenvalue weighted by atomic mass is 9.83. The molecule has 226 valence electrons. The van der Waals surface area contributed by atoms with Gasteiger partial charge in [-0.05, 0) is 54.4 Å². The van der Waals surface area contributed by atoms with Crippen molar-refractivity contribution in [2.45, 2.75) is 38.5 Å². The Labute approximate surface area is 263 Å². The molecule has 0 radical (unpaired) electrons. The number of amides is 2. The molecular formula is C33H32BrN5O5. The molecular weight excluding hydrogens is 626 g/mol. The normalized spacial score (nSPS) is 18.5. The molecule has 0 aliphatic carbocycles. The largest absolute Gasteiger partial charge is 0.482 e. The number of anilines is 3. The first-order valence-electron chi connectivity index (χ1n) is 14.4. The van der Waals surface area contributed by atoms with Crippen LogP contribution in [0.3, 0.4) is 0 Å². The predicted molar refractivity (Wildman–Crippen MR) is 168 cm³/mol. The molecule has 0 saturated carbocycles. The van der Waals surface area contributed by atoms with Crippen molar-refractivity contribution in [3.8, 4) is 5.75 Å². The number of aliphatic hydroxyl groups excluding tert-OH is 1. The quantitative estimate of drug-likeness (QED) is 0.238. The SMILES string of the molecule is C[C@@H](/C=C/CCn1cc(CCO)nn1)[C@]1(O)C(=O)N(Cc2cccc(N3C(=O)COc4ccccc43)c2)c2ccc(Br)cc21. The molecule has 0 unspecified atom stereocenters. The molecule has 2 atom stereocenters. The average Bonchev–Trinajstić information content (AvgIpc) is 3.56. The third-order valence-electron chi connectivity index (χ3n) is 8.01. The maximum absolute atomic E-state index is 14.1. The number of allylic oxidation sites excluding steroid dienone is 1. The van der Waals surface area contributed by atoms with E-state index < -0.39 is 17.4 Å². The van der Waals surface area contributed by atoms with Gasteiger partial charge in [-0.1, -0.05) is 64.5 Å². The zero-order valence-electron chi connectivity index (χ0n) is 24.1. The van der Waals surface area contributed by atoms with Crippen LogP contribution in [-0.2, 0) is 34.7 Å². The molecule has 44 heavy (non-hydrogen) atoms. The van der Waals surface area contributed by atoms with Crippen molar-refractivity contribution in [1.82, 2.24) is 15.0 Å². The van der Waals surface area contributed by atoms with Crippen LogP contribution in [0.25, 0.3) is 0 Å². The van der Waals surface area contributed by atoms with Crippen LogP contribution < -0.4 is 14.5 Å². The van der Waals surface area contributed by atoms with E-state index in [4.69, 9.17) is 9.84 Å². The van der Waals surface area contributed by atoms with Crippen LogP contribution in [0, 0.1) is 5.92 Å². The highest BCUT2D eigenvalue weighted by Gasteiger charge is 2.52. The van der Waals surface area contributed by atoms with Crippen LogP contribution in [0.4, 0.5) is 17.1 Å². The third kappa shape index (κ3) is 5.54. The van der Waals surface area contributed by atoms with Gasteiger partial charge in [0.2, 0.25) is 0 Å². The number of aromatic nitrogens is 3. The van der Waals surface area contributed by atoms with Crippen LogP contribution >= 0.6 is 15.9 Å². The Morgan fingerprint density at radius 1 is 1.09 bits per heavy atom. The van der Waals surface area contributed by atoms with Gasteiger partial charge in [0.05, 0.1) is 23.6 Å². The van der Waals surface area contributed by atoms with Crippen LogP contribution in [-0.4, -0.2) is 50.2 Å². The summed E-state index contributed by atoms with van der Waals surface area (Å²) in [5.74, 6) is -0.488. The van der Waals surface area contributed by atoms with Gasteiger partial charge in [-0.3, -0.25) is 19.2 Å². The van der Waals surface area contributed by atoms with Crippen LogP contribution in [0.15, 0.2) is 89.6 Å². The first-order valence-corrected chi connectivity index (χ1v) is 15.2. The van der Waals surface area contributed by atoms with E-state index in [0.29, 0.717) is 47.8 Å². The first-order chi connectivity index (χ1) is 21.3. The zero-order chi connectivity index (χ0) is 30.8. The second-order valence-corrected chi connectivity index (χ2v) is 11.8. The summed E-state index contributed by atoms with van der Waals surface area (Å²) in [6.07, 6.45) is 6.68. The Balaban J connectivity index is 1.23. The van der Waals surface area contributed by atoms with E-state index >= 15 is 0 Å². The summed E-state index contributed by atoms with van der Waals surface area (Å²) in [7, 11) is 0. The number of aryl methyl sites for hydroxylation is 1. The zero-order valence-corrected chi connectivity index (χ0v) is 25.7. The molecule has 10 nitrogen and oxygen atoms in total. The summed E-state index contributed by atoms with van der Waals surface area (Å²) >= 11 is 3.51. The number of benzene rings is 3. The van der Waals surface area contributed by atoms with Crippen LogP contribution in [0.2, 0.25) is 0 Å². The van der Waals surface area contributed by atoms with Gasteiger partial charge in [0.1, 0.15) is 5.75 Å². The molecule has 0 bridgehead atoms. The molecule has 3 aromatic carbocycles. The van der Waals surface area contributed by atoms with Gasteiger partial charge in [0.15, 0.2) is 12.2 Å². The molecule has 3 heterocycles. The molecule has 11 heteroatoms. The highest BCUT2D eigenvalue weighted by molar-refractivity contribution is 9.10. The number of nitrogens with zero attached hydrogens (tertiary/aromatic N) is 5. The smallest absolute Gasteiger partial charge is 0.269 e. The highest BCUT2D eigenvalue weighted by atomic mass is 79.9. The van der Waals surface area contributed by atoms with E-state index in [2.05, 4.69) is 26.2 Å². The second kappa shape index (κ2) is 12.4. The van der Waals surface area contributed by atoms with Crippen molar-refractivity contribution >= 4 is 44.8 Å². The van der Waals surface area contributed by atoms with E-state index in [1.807, 2.05) is 79.7 Å². The number of aliphatic hydroxyl groups is 2. The van der Waals surface area contributed by atoms with Crippen molar-refractivity contribution in [2.24, 2.45) is 5.92 Å². The lowest BCUT2D eigenvalue weighted by Gasteiger charge is -2.30. The number of halogens is 1. The van der Waals surface area contributed by atoms with Crippen LogP contribution in [0.5, 0.6) is 5.75 Å². The molecule has 2 aliphatic heterocycles. The number of hydrogen-bond acceptors (Lipinski definition) is 7. The fourth-order valence-corrected chi connectivity index (χ4v) is 6.12. The molecule has 4 aromatic rings. The topological polar surface area (TPSA) is 121 Å². The summed E-state index contributed by atoms with van der Waals surface area (Å²) in [5.41, 5.74) is 2.28. The van der Waals surface area contributed by atoms with Crippen molar-refractivity contribution in [2.75, 3.05) is 23.0 Å². The fourth-order valence-electron chi connectivity index (χ4n) is 5.76. The van der Waals surface area contributed by atoms with Gasteiger partial charge in [-0.2, -0.15) is 0 Å². The maximum Gasteiger partial charge on any atom is 0.269 e. The summed E-state index contributed by atoms with van der Waals surface area (Å²) < 4.78 is 8.07. The lowest BCUT2D eigenvalue weighted by Crippen LogP contribution is -2.44. The highest BCUT2D eigenvalue weighted by Crippen LogP contribution is 2.47. The molecule has 0 fully saturated rings. The Kier molecular flexibility index (Phi) is 8.35. The number of carbonyl (C=O) groups is 2. The van der Waals surface area contributed by atoms with E-state index in [1.54, 1.807) is 26.7 Å². The van der Waals surface area contributed by atoms with E-state index in [9.17, 15) is 14.7 Å². The number of fused-ring (bicyclic) bond motifs is 2. The van der Waals surface area contributed by atoms with Gasteiger partial charge in [-0.15, -0.1) is 5.10 Å². The van der Waals surface area contributed by atoms with E-state index in [0.717, 1.165) is 15.7 Å². The van der Waals surface area contributed by atoms with Crippen molar-refractivity contribution in [3.63, 3.8) is 0 Å². The van der Waals surface area contributed by atoms with Gasteiger partial charge in [0.25, 0.3) is 11.8 Å². The third-order valence-corrected chi connectivity index (χ3v) is 8.50. The van der Waals surface area contributed by atoms with Gasteiger partial charge in [0, 0.05) is 47.4 Å². The van der Waals surface area contributed by atoms with Crippen LogP contribution in [0.1, 0.15) is 30.2 Å². The van der Waals surface area contributed by atoms with Gasteiger partial charge < -0.3 is 19.8 Å². The van der Waals surface area contributed by atoms with Crippen molar-refractivity contribution < 1.29 is 24.5 Å². The Morgan fingerprint density at radius 2 is 1.93 bits per heavy atom. The molecule has 2 amide bonds. The number of para-hydroxylation sites is 2. The summed E-state index contributed by atoms with van der Waals surface area (Å²) in [4.78, 5) is 30.2. The number of ether oxygens (including phenoxy) is 1. The first kappa shape index (κ1) is 29.7. The average molecular weight is 659 g/mol. The molecule has 6 rings (SSSR count). The molecule has 1 aromatic heterocycles. The molecule has 2 aliphatic rings. The minimum Gasteiger partial charge on any atom is -0.482 e. The van der Waals surface area contributed by atoms with Crippen molar-refractivity contribution in [1.29, 1.82) is 0 Å². The van der Waals surface area contributed by atoms with Gasteiger partial charge in [-0.25, -0.2) is 0 Å². The Morgan fingerprint density at radius 3 is 2.77 bits per heavy atom. The second-order valence-electron chi connectivity index (χ2n) is 10.9. The number of hydrogen-bond donors (Lipinski definition) is 2. The summed E-state index contributed by atoms with van der Waals surface area (Å²) in [6.45, 7) is 2.58. The van der Waals surface area contributed by atoms with Gasteiger partial charge >= 0.3 is 0 Å². The Bertz CT molecular complexity index is 1740. The minimum absolute atomic E-state index is 0.0187. The maximum atomic E-state index is 14.1. The number of rotatable bonds is 10. The predicted octanol–water partition coefficient (Wildman–Crippen LogP) is 4.65. The summed E-state index contributed by atoms with van der Waals surface area (Å²) in [5, 5.41) is 29.2. The standard InChI is InChI=1S/C33H32BrN5O5/c1-22(7-4-5-15-37-20-25(14-16-40)35-36-37)33(43)27-18-24(34)12-13-28(27)38(32(33)42)19-23-8-6-9-26(17-23)39-29-10-2-3-11-30(29)44-21-31(39)41/h2-4,6-13,17-18,20,22,40,43H,5,14-16,19,21H2,1H3/b7-4+/t22-,33+/m0/s1. The Hall–Kier alpha value is -4.32. The van der Waals surface area contributed by atoms with E-state index in [-0.39, 0.29) is 25.7 Å². The molecule has 0 spiro atoms. The van der Waals surface area contributed by atoms with Crippen molar-refractivity contribution in [3.05, 3.63) is 106 Å². The van der Waals surface area contributed by atoms with E-state index in [1.165, 1.54) is 0 Å². The summed E-state index contributed by atoms with van der Waals surface area (Å²) in [6, 6.07) is 20.4. The molecule has 2 N–H and O–H groups in total. The number of carbonyl (C=O) groups excluding carboxylic acids is 2. The fraction of sp³-hybridized carbons (Fsp3) is 0.273. The monoisotopic (exact) mass is 657 g/mol.